The lowest BCUT2D eigenvalue weighted by Gasteiger charge is -2.50. The van der Waals surface area contributed by atoms with Crippen LogP contribution in [0, 0.1) is 11.7 Å². The number of quaternary nitrogens is 1. The van der Waals surface area contributed by atoms with Gasteiger partial charge in [0.15, 0.2) is 0 Å². The lowest BCUT2D eigenvalue weighted by Crippen LogP contribution is -3.14. The number of fused-ring (bicyclic) bond motifs is 1. The van der Waals surface area contributed by atoms with Gasteiger partial charge in [0.05, 0.1) is 18.7 Å². The van der Waals surface area contributed by atoms with Gasteiger partial charge in [0, 0.05) is 17.9 Å². The summed E-state index contributed by atoms with van der Waals surface area (Å²) in [6, 6.07) is 17.5. The third-order valence-electron chi connectivity index (χ3n) is 6.51. The average Bonchev–Trinajstić information content (AvgIpc) is 2.69. The summed E-state index contributed by atoms with van der Waals surface area (Å²) >= 11 is 0. The van der Waals surface area contributed by atoms with E-state index in [1.54, 1.807) is 12.1 Å². The van der Waals surface area contributed by atoms with Crippen molar-refractivity contribution in [3.05, 3.63) is 77.6 Å². The summed E-state index contributed by atoms with van der Waals surface area (Å²) in [5, 5.41) is 11.3. The van der Waals surface area contributed by atoms with Crippen LogP contribution in [-0.2, 0) is 0 Å². The molecule has 2 aromatic rings. The van der Waals surface area contributed by atoms with Crippen molar-refractivity contribution in [3.63, 3.8) is 0 Å². The molecule has 0 bridgehead atoms. The Balaban J connectivity index is 1.58. The van der Waals surface area contributed by atoms with Crippen LogP contribution >= 0.6 is 0 Å². The van der Waals surface area contributed by atoms with Gasteiger partial charge >= 0.3 is 0 Å². The molecule has 1 saturated heterocycles. The Hall–Kier alpha value is -1.97. The molecule has 2 aromatic carbocycles. The van der Waals surface area contributed by atoms with E-state index in [0.29, 0.717) is 0 Å². The van der Waals surface area contributed by atoms with Crippen molar-refractivity contribution < 1.29 is 14.4 Å². The highest BCUT2D eigenvalue weighted by Gasteiger charge is 2.51. The molecule has 3 heteroatoms. The van der Waals surface area contributed by atoms with Crippen LogP contribution in [-0.4, -0.2) is 23.8 Å². The molecular formula is C24H29FNO+. The number of piperidine rings is 1. The minimum atomic E-state index is -0.552. The van der Waals surface area contributed by atoms with E-state index in [2.05, 4.69) is 36.4 Å². The van der Waals surface area contributed by atoms with Crippen molar-refractivity contribution in [2.45, 2.75) is 43.7 Å². The van der Waals surface area contributed by atoms with Crippen LogP contribution < -0.4 is 4.90 Å². The third-order valence-corrected chi connectivity index (χ3v) is 6.51. The first-order chi connectivity index (χ1) is 13.2. The van der Waals surface area contributed by atoms with E-state index in [9.17, 15) is 9.50 Å². The van der Waals surface area contributed by atoms with Gasteiger partial charge in [-0.2, -0.15) is 0 Å². The topological polar surface area (TPSA) is 24.7 Å². The van der Waals surface area contributed by atoms with Crippen LogP contribution in [0.15, 0.2) is 60.7 Å². The molecule has 1 heterocycles. The van der Waals surface area contributed by atoms with Gasteiger partial charge in [-0.25, -0.2) is 4.39 Å². The fraction of sp³-hybridized carbons (Fsp3) is 0.417. The second-order valence-electron chi connectivity index (χ2n) is 8.16. The van der Waals surface area contributed by atoms with Crippen LogP contribution in [0.1, 0.15) is 49.3 Å². The van der Waals surface area contributed by atoms with E-state index in [-0.39, 0.29) is 17.8 Å². The van der Waals surface area contributed by atoms with E-state index >= 15 is 0 Å². The summed E-state index contributed by atoms with van der Waals surface area (Å²) in [5.74, 6) is 0.0598. The summed E-state index contributed by atoms with van der Waals surface area (Å²) in [6.07, 6.45) is 9.55. The molecule has 1 aliphatic carbocycles. The lowest BCUT2D eigenvalue weighted by atomic mass is 9.66. The fourth-order valence-corrected chi connectivity index (χ4v) is 5.13. The molecule has 2 fully saturated rings. The Morgan fingerprint density at radius 1 is 1.04 bits per heavy atom. The first-order valence-corrected chi connectivity index (χ1v) is 10.2. The zero-order valence-electron chi connectivity index (χ0n) is 15.8. The molecule has 2 N–H and O–H groups in total. The second-order valence-corrected chi connectivity index (χ2v) is 8.16. The normalized spacial score (nSPS) is 31.0. The van der Waals surface area contributed by atoms with E-state index in [1.807, 2.05) is 18.2 Å². The SMILES string of the molecule is O[C@@]12CCCC[C@H]1[C@@H](c1ccc(F)cc1)[NH+](C/C=C/c1ccccc1)CC2. The van der Waals surface area contributed by atoms with Crippen molar-refractivity contribution in [2.24, 2.45) is 5.92 Å². The Kier molecular flexibility index (Phi) is 5.42. The number of halogens is 1. The first kappa shape index (κ1) is 18.4. The van der Waals surface area contributed by atoms with Gasteiger partial charge in [-0.05, 0) is 36.6 Å². The fourth-order valence-electron chi connectivity index (χ4n) is 5.13. The van der Waals surface area contributed by atoms with Gasteiger partial charge in [0.25, 0.3) is 0 Å². The highest BCUT2D eigenvalue weighted by molar-refractivity contribution is 5.48. The molecule has 142 valence electrons. The predicted octanol–water partition coefficient (Wildman–Crippen LogP) is 3.79. The van der Waals surface area contributed by atoms with Crippen LogP contribution in [0.3, 0.4) is 0 Å². The average molecular weight is 367 g/mol. The molecule has 4 rings (SSSR count). The maximum absolute atomic E-state index is 13.5. The van der Waals surface area contributed by atoms with Gasteiger partial charge in [-0.1, -0.05) is 61.4 Å². The Labute approximate surface area is 161 Å². The number of benzene rings is 2. The van der Waals surface area contributed by atoms with Gasteiger partial charge in [-0.15, -0.1) is 0 Å². The van der Waals surface area contributed by atoms with Crippen molar-refractivity contribution in [3.8, 4) is 0 Å². The third kappa shape index (κ3) is 3.99. The molecular weight excluding hydrogens is 337 g/mol. The van der Waals surface area contributed by atoms with Gasteiger partial charge < -0.3 is 10.0 Å². The van der Waals surface area contributed by atoms with Gasteiger partial charge in [0.2, 0.25) is 0 Å². The predicted molar refractivity (Wildman–Crippen MR) is 107 cm³/mol. The quantitative estimate of drug-likeness (QED) is 0.845. The standard InChI is InChI=1S/C24H28FNO/c25-21-13-11-20(12-14-21)23-22-10-4-5-15-24(22,27)16-18-26(23)17-6-9-19-7-2-1-3-8-19/h1-3,6-9,11-14,22-23,27H,4-5,10,15-18H2/p+1/b9-6+/t22-,23+,24+/m0/s1. The number of likely N-dealkylation sites (tertiary alicyclic amines) is 1. The smallest absolute Gasteiger partial charge is 0.123 e. The number of nitrogens with one attached hydrogen (secondary N) is 1. The molecule has 4 atom stereocenters. The molecule has 0 aromatic heterocycles. The van der Waals surface area contributed by atoms with Crippen LogP contribution in [0.25, 0.3) is 6.08 Å². The summed E-state index contributed by atoms with van der Waals surface area (Å²) in [7, 11) is 0. The Morgan fingerprint density at radius 3 is 2.59 bits per heavy atom. The largest absolute Gasteiger partial charge is 0.389 e. The monoisotopic (exact) mass is 366 g/mol. The zero-order chi connectivity index (χ0) is 18.7. The summed E-state index contributed by atoms with van der Waals surface area (Å²) in [4.78, 5) is 1.48. The molecule has 1 aliphatic heterocycles. The van der Waals surface area contributed by atoms with Crippen LogP contribution in [0.4, 0.5) is 4.39 Å². The molecule has 1 unspecified atom stereocenters. The number of aliphatic hydroxyl groups is 1. The van der Waals surface area contributed by atoms with Crippen molar-refractivity contribution in [1.29, 1.82) is 0 Å². The molecule has 0 radical (unpaired) electrons. The highest BCUT2D eigenvalue weighted by atomic mass is 19.1. The molecule has 2 aliphatic rings. The van der Waals surface area contributed by atoms with Gasteiger partial charge in [-0.3, -0.25) is 0 Å². The van der Waals surface area contributed by atoms with Crippen molar-refractivity contribution in [2.75, 3.05) is 13.1 Å². The summed E-state index contributed by atoms with van der Waals surface area (Å²) < 4.78 is 13.5. The first-order valence-electron chi connectivity index (χ1n) is 10.2. The van der Waals surface area contributed by atoms with Crippen LogP contribution in [0.2, 0.25) is 0 Å². The van der Waals surface area contributed by atoms with E-state index in [1.165, 1.54) is 16.9 Å². The number of rotatable bonds is 4. The summed E-state index contributed by atoms with van der Waals surface area (Å²) in [6.45, 7) is 1.87. The minimum absolute atomic E-state index is 0.195. The molecule has 0 spiro atoms. The Bertz CT molecular complexity index is 773. The number of hydrogen-bond acceptors (Lipinski definition) is 1. The minimum Gasteiger partial charge on any atom is -0.389 e. The van der Waals surface area contributed by atoms with Crippen molar-refractivity contribution >= 4 is 6.08 Å². The molecule has 0 amide bonds. The Morgan fingerprint density at radius 2 is 1.81 bits per heavy atom. The lowest BCUT2D eigenvalue weighted by molar-refractivity contribution is -0.939. The second kappa shape index (κ2) is 7.95. The van der Waals surface area contributed by atoms with Crippen LogP contribution in [0.5, 0.6) is 0 Å². The van der Waals surface area contributed by atoms with E-state index in [0.717, 1.165) is 44.3 Å². The van der Waals surface area contributed by atoms with E-state index < -0.39 is 5.60 Å². The maximum Gasteiger partial charge on any atom is 0.123 e. The zero-order valence-corrected chi connectivity index (χ0v) is 15.8. The molecule has 2 nitrogen and oxygen atoms in total. The maximum atomic E-state index is 13.5. The molecule has 1 saturated carbocycles. The van der Waals surface area contributed by atoms with Gasteiger partial charge in [0.1, 0.15) is 11.9 Å². The van der Waals surface area contributed by atoms with E-state index in [4.69, 9.17) is 0 Å². The van der Waals surface area contributed by atoms with Crippen molar-refractivity contribution in [1.82, 2.24) is 0 Å². The summed E-state index contributed by atoms with van der Waals surface area (Å²) in [5.41, 5.74) is 1.81. The highest BCUT2D eigenvalue weighted by Crippen LogP contribution is 2.43. The number of hydrogen-bond donors (Lipinski definition) is 2. The molecule has 27 heavy (non-hydrogen) atoms.